The van der Waals surface area contributed by atoms with Gasteiger partial charge in [-0.2, -0.15) is 13.2 Å². The Morgan fingerprint density at radius 3 is 2.58 bits per heavy atom. The maximum absolute atomic E-state index is 12.6. The monoisotopic (exact) mass is 270 g/mol. The number of benzene rings is 1. The van der Waals surface area contributed by atoms with Crippen LogP contribution in [0.5, 0.6) is 0 Å². The zero-order chi connectivity index (χ0) is 14.5. The fraction of sp³-hybridized carbons (Fsp3) is 0.231. The van der Waals surface area contributed by atoms with E-state index in [0.717, 1.165) is 12.1 Å². The van der Waals surface area contributed by atoms with Crippen molar-refractivity contribution in [2.45, 2.75) is 12.6 Å². The largest absolute Gasteiger partial charge is 0.468 e. The van der Waals surface area contributed by atoms with E-state index in [0.29, 0.717) is 6.29 Å². The van der Waals surface area contributed by atoms with Crippen molar-refractivity contribution in [3.05, 3.63) is 34.9 Å². The summed E-state index contributed by atoms with van der Waals surface area (Å²) < 4.78 is 42.0. The standard InChI is InChI=1S/C13H9F3O3/c1-19-12(18)4-2-3-9-5-10(8-17)7-11(6-9)13(14,15)16/h5-8H,4H2,1H3. The molecule has 0 saturated heterocycles. The van der Waals surface area contributed by atoms with Crippen molar-refractivity contribution in [3.8, 4) is 11.8 Å². The van der Waals surface area contributed by atoms with Gasteiger partial charge in [-0.25, -0.2) is 0 Å². The van der Waals surface area contributed by atoms with Crippen LogP contribution in [0.3, 0.4) is 0 Å². The van der Waals surface area contributed by atoms with Gasteiger partial charge in [0.2, 0.25) is 0 Å². The smallest absolute Gasteiger partial charge is 0.416 e. The van der Waals surface area contributed by atoms with Gasteiger partial charge in [-0.05, 0) is 18.2 Å². The molecule has 6 heteroatoms. The number of hydrogen-bond donors (Lipinski definition) is 0. The van der Waals surface area contributed by atoms with Gasteiger partial charge < -0.3 is 4.74 Å². The summed E-state index contributed by atoms with van der Waals surface area (Å²) in [6, 6.07) is 2.77. The maximum atomic E-state index is 12.6. The molecule has 0 aromatic heterocycles. The third kappa shape index (κ3) is 4.47. The lowest BCUT2D eigenvalue weighted by Gasteiger charge is -2.07. The second kappa shape index (κ2) is 6.05. The number of alkyl halides is 3. The number of carbonyl (C=O) groups is 2. The Hall–Kier alpha value is -2.29. The first-order valence-corrected chi connectivity index (χ1v) is 5.10. The number of ether oxygens (including phenoxy) is 1. The Balaban J connectivity index is 3.07. The highest BCUT2D eigenvalue weighted by Crippen LogP contribution is 2.30. The zero-order valence-electron chi connectivity index (χ0n) is 9.88. The Morgan fingerprint density at radius 1 is 1.37 bits per heavy atom. The molecule has 0 unspecified atom stereocenters. The second-order valence-electron chi connectivity index (χ2n) is 3.51. The predicted molar refractivity (Wildman–Crippen MR) is 60.3 cm³/mol. The molecule has 100 valence electrons. The van der Waals surface area contributed by atoms with Crippen LogP contribution in [0.4, 0.5) is 13.2 Å². The molecule has 19 heavy (non-hydrogen) atoms. The Morgan fingerprint density at radius 2 is 2.05 bits per heavy atom. The van der Waals surface area contributed by atoms with Gasteiger partial charge >= 0.3 is 12.1 Å². The molecule has 0 spiro atoms. The number of hydrogen-bond acceptors (Lipinski definition) is 3. The van der Waals surface area contributed by atoms with Crippen molar-refractivity contribution >= 4 is 12.3 Å². The molecule has 0 aliphatic rings. The molecule has 0 aliphatic heterocycles. The van der Waals surface area contributed by atoms with Crippen molar-refractivity contribution in [3.63, 3.8) is 0 Å². The lowest BCUT2D eigenvalue weighted by atomic mass is 10.1. The second-order valence-corrected chi connectivity index (χ2v) is 3.51. The summed E-state index contributed by atoms with van der Waals surface area (Å²) in [5.41, 5.74) is -1.07. The van der Waals surface area contributed by atoms with Crippen LogP contribution >= 0.6 is 0 Å². The van der Waals surface area contributed by atoms with Crippen LogP contribution in [-0.2, 0) is 15.7 Å². The van der Waals surface area contributed by atoms with Crippen LogP contribution in [0.15, 0.2) is 18.2 Å². The summed E-state index contributed by atoms with van der Waals surface area (Å²) in [4.78, 5) is 21.4. The van der Waals surface area contributed by atoms with Crippen LogP contribution in [-0.4, -0.2) is 19.4 Å². The normalized spacial score (nSPS) is 10.3. The molecule has 0 bridgehead atoms. The van der Waals surface area contributed by atoms with Crippen molar-refractivity contribution in [2.24, 2.45) is 0 Å². The van der Waals surface area contributed by atoms with Gasteiger partial charge in [0, 0.05) is 11.1 Å². The molecule has 0 amide bonds. The fourth-order valence-electron chi connectivity index (χ4n) is 1.25. The first kappa shape index (κ1) is 14.8. The first-order chi connectivity index (χ1) is 8.86. The molecular weight excluding hydrogens is 261 g/mol. The van der Waals surface area contributed by atoms with Crippen LogP contribution in [0, 0.1) is 11.8 Å². The Kier molecular flexibility index (Phi) is 4.70. The summed E-state index contributed by atoms with van der Waals surface area (Å²) >= 11 is 0. The first-order valence-electron chi connectivity index (χ1n) is 5.10. The van der Waals surface area contributed by atoms with Crippen molar-refractivity contribution in [2.75, 3.05) is 7.11 Å². The van der Waals surface area contributed by atoms with Gasteiger partial charge in [0.1, 0.15) is 12.7 Å². The fourth-order valence-corrected chi connectivity index (χ4v) is 1.25. The van der Waals surface area contributed by atoms with Gasteiger partial charge in [-0.1, -0.05) is 11.8 Å². The average molecular weight is 270 g/mol. The van der Waals surface area contributed by atoms with Gasteiger partial charge in [0.25, 0.3) is 0 Å². The zero-order valence-corrected chi connectivity index (χ0v) is 9.88. The SMILES string of the molecule is COC(=O)CC#Cc1cc(C=O)cc(C(F)(F)F)c1. The van der Waals surface area contributed by atoms with Gasteiger partial charge in [-0.15, -0.1) is 0 Å². The number of carbonyl (C=O) groups excluding carboxylic acids is 2. The van der Waals surface area contributed by atoms with Crippen molar-refractivity contribution in [1.29, 1.82) is 0 Å². The molecular formula is C13H9F3O3. The molecule has 0 aliphatic carbocycles. The highest BCUT2D eigenvalue weighted by atomic mass is 19.4. The third-order valence-electron chi connectivity index (χ3n) is 2.11. The summed E-state index contributed by atoms with van der Waals surface area (Å²) in [7, 11) is 1.18. The summed E-state index contributed by atoms with van der Waals surface area (Å²) in [6.45, 7) is 0. The highest BCUT2D eigenvalue weighted by Gasteiger charge is 2.31. The molecule has 1 aromatic carbocycles. The number of halogens is 3. The average Bonchev–Trinajstić information content (AvgIpc) is 2.37. The number of rotatable bonds is 2. The topological polar surface area (TPSA) is 43.4 Å². The summed E-state index contributed by atoms with van der Waals surface area (Å²) in [6.07, 6.45) is -4.48. The van der Waals surface area contributed by atoms with Gasteiger partial charge in [0.05, 0.1) is 12.7 Å². The minimum atomic E-state index is -4.56. The van der Waals surface area contributed by atoms with E-state index in [4.69, 9.17) is 0 Å². The van der Waals surface area contributed by atoms with Crippen molar-refractivity contribution < 1.29 is 27.5 Å². The predicted octanol–water partition coefficient (Wildman–Crippen LogP) is 2.43. The minimum Gasteiger partial charge on any atom is -0.468 e. The van der Waals surface area contributed by atoms with E-state index in [1.165, 1.54) is 13.2 Å². The van der Waals surface area contributed by atoms with E-state index in [1.807, 2.05) is 0 Å². The van der Waals surface area contributed by atoms with E-state index in [2.05, 4.69) is 16.6 Å². The molecule has 0 heterocycles. The number of esters is 1. The third-order valence-corrected chi connectivity index (χ3v) is 2.11. The van der Waals surface area contributed by atoms with Crippen LogP contribution in [0.25, 0.3) is 0 Å². The van der Waals surface area contributed by atoms with E-state index < -0.39 is 17.7 Å². The van der Waals surface area contributed by atoms with Crippen LogP contribution in [0.2, 0.25) is 0 Å². The molecule has 3 nitrogen and oxygen atoms in total. The molecule has 0 radical (unpaired) electrons. The minimum absolute atomic E-state index is 0.0147. The maximum Gasteiger partial charge on any atom is 0.416 e. The summed E-state index contributed by atoms with van der Waals surface area (Å²) in [5.74, 6) is 4.17. The van der Waals surface area contributed by atoms with E-state index >= 15 is 0 Å². The molecule has 0 N–H and O–H groups in total. The lowest BCUT2D eigenvalue weighted by molar-refractivity contribution is -0.139. The number of aldehydes is 1. The molecule has 1 aromatic rings. The molecule has 0 fully saturated rings. The lowest BCUT2D eigenvalue weighted by Crippen LogP contribution is -2.06. The van der Waals surface area contributed by atoms with E-state index in [1.54, 1.807) is 0 Å². The molecule has 0 saturated carbocycles. The highest BCUT2D eigenvalue weighted by molar-refractivity contribution is 5.76. The van der Waals surface area contributed by atoms with Crippen molar-refractivity contribution in [1.82, 2.24) is 0 Å². The summed E-state index contributed by atoms with van der Waals surface area (Å²) in [5, 5.41) is 0. The Bertz CT molecular complexity index is 550. The van der Waals surface area contributed by atoms with Gasteiger partial charge in [-0.3, -0.25) is 9.59 Å². The number of methoxy groups -OCH3 is 1. The van der Waals surface area contributed by atoms with E-state index in [-0.39, 0.29) is 17.5 Å². The molecule has 0 atom stereocenters. The Labute approximate surface area is 107 Å². The van der Waals surface area contributed by atoms with E-state index in [9.17, 15) is 22.8 Å². The van der Waals surface area contributed by atoms with Gasteiger partial charge in [0.15, 0.2) is 0 Å². The van der Waals surface area contributed by atoms with Crippen LogP contribution in [0.1, 0.15) is 27.9 Å². The molecule has 1 rings (SSSR count). The quantitative estimate of drug-likeness (QED) is 0.471. The van der Waals surface area contributed by atoms with Crippen LogP contribution < -0.4 is 0 Å².